The second-order valence-corrected chi connectivity index (χ2v) is 8.66. The Balaban J connectivity index is 3.93. The molecule has 6 heteroatoms. The summed E-state index contributed by atoms with van der Waals surface area (Å²) < 4.78 is 32.2. The van der Waals surface area contributed by atoms with Crippen molar-refractivity contribution in [3.05, 3.63) is 0 Å². The van der Waals surface area contributed by atoms with E-state index in [1.165, 1.54) is 58.3 Å². The van der Waals surface area contributed by atoms with Gasteiger partial charge in [-0.15, -0.1) is 0 Å². The Labute approximate surface area is 143 Å². The van der Waals surface area contributed by atoms with E-state index >= 15 is 0 Å². The molecule has 5 nitrogen and oxygen atoms in total. The van der Waals surface area contributed by atoms with Gasteiger partial charge >= 0.3 is 10.1 Å². The van der Waals surface area contributed by atoms with Gasteiger partial charge in [0.15, 0.2) is 0 Å². The Morgan fingerprint density at radius 2 is 1.30 bits per heavy atom. The van der Waals surface area contributed by atoms with Gasteiger partial charge in [0.1, 0.15) is 6.54 Å². The molecule has 0 fully saturated rings. The quantitative estimate of drug-likeness (QED) is 0.268. The molecule has 0 aliphatic carbocycles. The number of hydrogen-bond acceptors (Lipinski definition) is 3. The van der Waals surface area contributed by atoms with Crippen molar-refractivity contribution < 1.29 is 22.6 Å². The van der Waals surface area contributed by atoms with Gasteiger partial charge < -0.3 is 9.59 Å². The summed E-state index contributed by atoms with van der Waals surface area (Å²) >= 11 is 0. The van der Waals surface area contributed by atoms with Crippen molar-refractivity contribution in [3.8, 4) is 0 Å². The summed E-state index contributed by atoms with van der Waals surface area (Å²) in [6.07, 6.45) is 12.3. The summed E-state index contributed by atoms with van der Waals surface area (Å²) in [6, 6.07) is 0. The van der Waals surface area contributed by atoms with E-state index in [1.54, 1.807) is 7.05 Å². The maximum Gasteiger partial charge on any atom is 0.319 e. The molecule has 0 saturated carbocycles. The van der Waals surface area contributed by atoms with Gasteiger partial charge in [-0.25, -0.2) is 0 Å². The highest BCUT2D eigenvalue weighted by Crippen LogP contribution is 2.18. The molecule has 0 radical (unpaired) electrons. The van der Waals surface area contributed by atoms with E-state index in [1.807, 2.05) is 0 Å². The minimum Gasteiger partial charge on any atom is -0.391 e. The van der Waals surface area contributed by atoms with Gasteiger partial charge in [-0.2, -0.15) is 8.42 Å². The molecule has 0 saturated heterocycles. The van der Waals surface area contributed by atoms with Gasteiger partial charge in [0.25, 0.3) is 0 Å². The van der Waals surface area contributed by atoms with Crippen LogP contribution in [0.1, 0.15) is 78.1 Å². The average molecular weight is 353 g/mol. The fourth-order valence-electron chi connectivity index (χ4n) is 2.99. The van der Waals surface area contributed by atoms with E-state index in [2.05, 4.69) is 6.92 Å². The molecule has 0 bridgehead atoms. The van der Waals surface area contributed by atoms with Gasteiger partial charge in [-0.1, -0.05) is 58.3 Å². The summed E-state index contributed by atoms with van der Waals surface area (Å²) in [7, 11) is -2.29. The molecule has 0 aliphatic rings. The number of hydrogen-bond donors (Lipinski definition) is 2. The van der Waals surface area contributed by atoms with Crippen LogP contribution in [0.5, 0.6) is 0 Å². The van der Waals surface area contributed by atoms with E-state index in [9.17, 15) is 18.1 Å². The van der Waals surface area contributed by atoms with Gasteiger partial charge in [-0.3, -0.25) is 4.55 Å². The van der Waals surface area contributed by atoms with Crippen LogP contribution in [-0.4, -0.2) is 54.7 Å². The lowest BCUT2D eigenvalue weighted by Gasteiger charge is -2.37. The Kier molecular flexibility index (Phi) is 12.1. The van der Waals surface area contributed by atoms with Crippen LogP contribution < -0.4 is 0 Å². The third-order valence-electron chi connectivity index (χ3n) is 4.94. The lowest BCUT2D eigenvalue weighted by molar-refractivity contribution is -0.919. The molecule has 0 heterocycles. The lowest BCUT2D eigenvalue weighted by atomic mass is 10.1. The van der Waals surface area contributed by atoms with E-state index in [0.29, 0.717) is 13.1 Å². The predicted octanol–water partition coefficient (Wildman–Crippen LogP) is 3.58. The second-order valence-electron chi connectivity index (χ2n) is 6.95. The predicted molar refractivity (Wildman–Crippen MR) is 95.9 cm³/mol. The highest BCUT2D eigenvalue weighted by molar-refractivity contribution is 7.86. The molecule has 23 heavy (non-hydrogen) atoms. The summed E-state index contributed by atoms with van der Waals surface area (Å²) in [6.45, 7) is 4.68. The Morgan fingerprint density at radius 3 is 1.70 bits per heavy atom. The first-order valence-electron chi connectivity index (χ1n) is 9.19. The number of nitrogens with zero attached hydrogens (tertiary/aromatic N) is 1. The Bertz CT molecular complexity index is 386. The Hall–Kier alpha value is -0.170. The normalized spacial score (nSPS) is 16.2. The van der Waals surface area contributed by atoms with Crippen LogP contribution >= 0.6 is 0 Å². The van der Waals surface area contributed by atoms with Crippen LogP contribution in [0, 0.1) is 0 Å². The minimum absolute atomic E-state index is 0.0753. The molecule has 2 atom stereocenters. The third-order valence-corrected chi connectivity index (χ3v) is 6.31. The highest BCUT2D eigenvalue weighted by atomic mass is 32.2. The van der Waals surface area contributed by atoms with Gasteiger partial charge in [0.05, 0.1) is 20.2 Å². The van der Waals surface area contributed by atoms with E-state index in [-0.39, 0.29) is 11.1 Å². The first-order chi connectivity index (χ1) is 10.8. The standard InChI is InChI=1S/C17H37NO4S/c1-4-5-6-7-8-9-10-11-12-13-14-18(3,15-16-19)17(2)23(20,21)22/h17,19H,4-16H2,1-3H3/p+1. The maximum atomic E-state index is 11.4. The van der Waals surface area contributed by atoms with E-state index in [4.69, 9.17) is 0 Å². The van der Waals surface area contributed by atoms with Crippen molar-refractivity contribution in [2.45, 2.75) is 83.4 Å². The fourth-order valence-corrected chi connectivity index (χ4v) is 3.84. The van der Waals surface area contributed by atoms with Crippen molar-refractivity contribution in [1.29, 1.82) is 0 Å². The van der Waals surface area contributed by atoms with Gasteiger partial charge in [-0.05, 0) is 12.8 Å². The van der Waals surface area contributed by atoms with Crippen molar-refractivity contribution in [3.63, 3.8) is 0 Å². The SMILES string of the molecule is CCCCCCCCCCCC[N+](C)(CCO)C(C)S(=O)(=O)O. The largest absolute Gasteiger partial charge is 0.391 e. The number of rotatable bonds is 15. The molecular weight excluding hydrogens is 314 g/mol. The molecule has 2 unspecified atom stereocenters. The molecule has 0 rings (SSSR count). The zero-order valence-electron chi connectivity index (χ0n) is 15.3. The fraction of sp³-hybridized carbons (Fsp3) is 1.00. The summed E-state index contributed by atoms with van der Waals surface area (Å²) in [5.41, 5.74) is 0. The third kappa shape index (κ3) is 10.3. The first-order valence-corrected chi connectivity index (χ1v) is 10.7. The number of unbranched alkanes of at least 4 members (excludes halogenated alkanes) is 9. The maximum absolute atomic E-state index is 11.4. The number of likely N-dealkylation sites (N-methyl/N-ethyl adjacent to an activating group) is 1. The van der Waals surface area contributed by atoms with Crippen LogP contribution in [0.4, 0.5) is 0 Å². The lowest BCUT2D eigenvalue weighted by Crippen LogP contribution is -2.56. The van der Waals surface area contributed by atoms with E-state index in [0.717, 1.165) is 12.8 Å². The van der Waals surface area contributed by atoms with Gasteiger partial charge in [0.2, 0.25) is 5.37 Å². The van der Waals surface area contributed by atoms with Crippen LogP contribution in [0.15, 0.2) is 0 Å². The summed E-state index contributed by atoms with van der Waals surface area (Å²) in [5.74, 6) is 0. The van der Waals surface area contributed by atoms with Gasteiger partial charge in [0, 0.05) is 6.92 Å². The monoisotopic (exact) mass is 352 g/mol. The average Bonchev–Trinajstić information content (AvgIpc) is 2.47. The van der Waals surface area contributed by atoms with Crippen molar-refractivity contribution >= 4 is 10.1 Å². The second kappa shape index (κ2) is 12.2. The van der Waals surface area contributed by atoms with E-state index < -0.39 is 15.5 Å². The molecule has 140 valence electrons. The molecule has 0 aliphatic heterocycles. The molecule has 0 aromatic heterocycles. The minimum atomic E-state index is -4.08. The number of aliphatic hydroxyl groups excluding tert-OH is 1. The van der Waals surface area contributed by atoms with Crippen molar-refractivity contribution in [2.24, 2.45) is 0 Å². The molecule has 0 spiro atoms. The zero-order valence-corrected chi connectivity index (χ0v) is 16.2. The Morgan fingerprint density at radius 1 is 0.870 bits per heavy atom. The van der Waals surface area contributed by atoms with Crippen LogP contribution in [0.3, 0.4) is 0 Å². The first kappa shape index (κ1) is 22.8. The smallest absolute Gasteiger partial charge is 0.319 e. The summed E-state index contributed by atoms with van der Waals surface area (Å²) in [4.78, 5) is 0. The highest BCUT2D eigenvalue weighted by Gasteiger charge is 2.37. The van der Waals surface area contributed by atoms with Crippen LogP contribution in [-0.2, 0) is 10.1 Å². The molecule has 0 aromatic rings. The number of aliphatic hydroxyl groups is 1. The van der Waals surface area contributed by atoms with Crippen molar-refractivity contribution in [2.75, 3.05) is 26.7 Å². The molecule has 0 amide bonds. The zero-order chi connectivity index (χ0) is 17.8. The van der Waals surface area contributed by atoms with Crippen molar-refractivity contribution in [1.82, 2.24) is 0 Å². The molecule has 2 N–H and O–H groups in total. The molecular formula is C17H38NO4S+. The van der Waals surface area contributed by atoms with Crippen LogP contribution in [0.2, 0.25) is 0 Å². The number of quaternary nitrogens is 1. The summed E-state index contributed by atoms with van der Waals surface area (Å²) in [5, 5.41) is 8.29. The molecule has 0 aromatic carbocycles. The van der Waals surface area contributed by atoms with Crippen LogP contribution in [0.25, 0.3) is 0 Å². The topological polar surface area (TPSA) is 74.6 Å².